The third kappa shape index (κ3) is 3.18. The number of H-pyrrole nitrogens is 1. The zero-order valence-corrected chi connectivity index (χ0v) is 15.0. The summed E-state index contributed by atoms with van der Waals surface area (Å²) < 4.78 is 5.37. The minimum Gasteiger partial charge on any atom is -0.497 e. The SMILES string of the molecule is COc1ccc2[nH]c3c(c2c1)C(Cc1ccc(CO)cc1)CNC3C(=O)O. The third-order valence-corrected chi connectivity index (χ3v) is 5.28. The summed E-state index contributed by atoms with van der Waals surface area (Å²) in [7, 11) is 1.63. The van der Waals surface area contributed by atoms with E-state index in [1.54, 1.807) is 7.11 Å². The number of carboxylic acid groups (broad SMARTS) is 1. The molecule has 2 atom stereocenters. The molecule has 0 amide bonds. The number of nitrogens with one attached hydrogen (secondary N) is 2. The summed E-state index contributed by atoms with van der Waals surface area (Å²) in [4.78, 5) is 15.0. The molecule has 3 aromatic rings. The standard InChI is InChI=1S/C21H22N2O4/c1-27-15-6-7-17-16(9-15)18-14(8-12-2-4-13(11-24)5-3-12)10-22-20(21(25)26)19(18)23-17/h2-7,9,14,20,22-24H,8,10-11H2,1H3,(H,25,26). The van der Waals surface area contributed by atoms with Crippen molar-refractivity contribution in [3.05, 3.63) is 64.8 Å². The number of benzene rings is 2. The fraction of sp³-hybridized carbons (Fsp3) is 0.286. The highest BCUT2D eigenvalue weighted by molar-refractivity contribution is 5.89. The normalized spacial score (nSPS) is 19.0. The van der Waals surface area contributed by atoms with E-state index in [4.69, 9.17) is 4.74 Å². The van der Waals surface area contributed by atoms with E-state index in [1.165, 1.54) is 0 Å². The first kappa shape index (κ1) is 17.6. The van der Waals surface area contributed by atoms with Gasteiger partial charge in [-0.25, -0.2) is 0 Å². The maximum atomic E-state index is 11.7. The highest BCUT2D eigenvalue weighted by Gasteiger charge is 2.34. The fourth-order valence-corrected chi connectivity index (χ4v) is 3.92. The number of aliphatic hydroxyl groups is 1. The van der Waals surface area contributed by atoms with Crippen molar-refractivity contribution >= 4 is 16.9 Å². The van der Waals surface area contributed by atoms with Crippen LogP contribution in [0.4, 0.5) is 0 Å². The second-order valence-corrected chi connectivity index (χ2v) is 6.92. The van der Waals surface area contributed by atoms with E-state index in [2.05, 4.69) is 10.3 Å². The van der Waals surface area contributed by atoms with Crippen LogP contribution in [0.2, 0.25) is 0 Å². The van der Waals surface area contributed by atoms with Gasteiger partial charge in [0.25, 0.3) is 0 Å². The first-order chi connectivity index (χ1) is 13.1. The number of hydrogen-bond donors (Lipinski definition) is 4. The van der Waals surface area contributed by atoms with Gasteiger partial charge >= 0.3 is 5.97 Å². The van der Waals surface area contributed by atoms with Crippen LogP contribution in [0.3, 0.4) is 0 Å². The van der Waals surface area contributed by atoms with Crippen molar-refractivity contribution in [2.45, 2.75) is 25.0 Å². The van der Waals surface area contributed by atoms with E-state index in [9.17, 15) is 15.0 Å². The van der Waals surface area contributed by atoms with E-state index in [-0.39, 0.29) is 12.5 Å². The van der Waals surface area contributed by atoms with Crippen LogP contribution in [0, 0.1) is 0 Å². The maximum Gasteiger partial charge on any atom is 0.326 e. The average molecular weight is 366 g/mol. The molecule has 0 spiro atoms. The number of aromatic amines is 1. The van der Waals surface area contributed by atoms with E-state index >= 15 is 0 Å². The quantitative estimate of drug-likeness (QED) is 0.557. The van der Waals surface area contributed by atoms with E-state index < -0.39 is 12.0 Å². The number of fused-ring (bicyclic) bond motifs is 3. The molecule has 140 valence electrons. The summed E-state index contributed by atoms with van der Waals surface area (Å²) in [6.07, 6.45) is 0.780. The van der Waals surface area contributed by atoms with Crippen molar-refractivity contribution in [1.82, 2.24) is 10.3 Å². The second-order valence-electron chi connectivity index (χ2n) is 6.92. The van der Waals surface area contributed by atoms with Crippen LogP contribution < -0.4 is 10.1 Å². The predicted octanol–water partition coefficient (Wildman–Crippen LogP) is 2.72. The Morgan fingerprint density at radius 2 is 1.93 bits per heavy atom. The van der Waals surface area contributed by atoms with E-state index in [1.807, 2.05) is 42.5 Å². The molecule has 0 aliphatic carbocycles. The number of aromatic nitrogens is 1. The van der Waals surface area contributed by atoms with Crippen molar-refractivity contribution in [1.29, 1.82) is 0 Å². The molecule has 6 heteroatoms. The van der Waals surface area contributed by atoms with Crippen molar-refractivity contribution in [3.63, 3.8) is 0 Å². The molecule has 0 radical (unpaired) electrons. The van der Waals surface area contributed by atoms with Gasteiger partial charge in [-0.05, 0) is 41.3 Å². The molecule has 1 aliphatic rings. The molecule has 2 aromatic carbocycles. The zero-order chi connectivity index (χ0) is 19.0. The minimum absolute atomic E-state index is 0.0257. The number of carboxylic acids is 1. The van der Waals surface area contributed by atoms with Crippen molar-refractivity contribution in [2.24, 2.45) is 0 Å². The number of aliphatic hydroxyl groups excluding tert-OH is 1. The summed E-state index contributed by atoms with van der Waals surface area (Å²) in [5, 5.41) is 23.0. The van der Waals surface area contributed by atoms with Crippen LogP contribution >= 0.6 is 0 Å². The molecule has 0 saturated carbocycles. The number of methoxy groups -OCH3 is 1. The molecular formula is C21H22N2O4. The summed E-state index contributed by atoms with van der Waals surface area (Å²) in [5.41, 5.74) is 4.70. The van der Waals surface area contributed by atoms with Gasteiger partial charge in [-0.15, -0.1) is 0 Å². The van der Waals surface area contributed by atoms with Gasteiger partial charge in [0.2, 0.25) is 0 Å². The lowest BCUT2D eigenvalue weighted by molar-refractivity contribution is -0.139. The number of ether oxygens (including phenoxy) is 1. The van der Waals surface area contributed by atoms with Crippen LogP contribution in [-0.2, 0) is 17.8 Å². The highest BCUT2D eigenvalue weighted by atomic mass is 16.5. The van der Waals surface area contributed by atoms with Gasteiger partial charge in [0.05, 0.1) is 13.7 Å². The van der Waals surface area contributed by atoms with Crippen LogP contribution in [0.1, 0.15) is 34.3 Å². The molecule has 0 saturated heterocycles. The second kappa shape index (κ2) is 7.06. The Balaban J connectivity index is 1.78. The Labute approximate surface area is 156 Å². The van der Waals surface area contributed by atoms with Gasteiger partial charge in [0, 0.05) is 29.1 Å². The first-order valence-corrected chi connectivity index (χ1v) is 8.95. The molecule has 1 aliphatic heterocycles. The van der Waals surface area contributed by atoms with Gasteiger partial charge in [0.15, 0.2) is 0 Å². The number of aliphatic carboxylic acids is 1. The van der Waals surface area contributed by atoms with E-state index in [0.717, 1.165) is 39.8 Å². The first-order valence-electron chi connectivity index (χ1n) is 8.95. The van der Waals surface area contributed by atoms with Crippen molar-refractivity contribution in [2.75, 3.05) is 13.7 Å². The summed E-state index contributed by atoms with van der Waals surface area (Å²) in [5.74, 6) is -0.00212. The molecule has 2 unspecified atom stereocenters. The number of rotatable bonds is 5. The maximum absolute atomic E-state index is 11.7. The van der Waals surface area contributed by atoms with Crippen LogP contribution in [0.15, 0.2) is 42.5 Å². The van der Waals surface area contributed by atoms with Crippen LogP contribution in [-0.4, -0.2) is 34.8 Å². The Morgan fingerprint density at radius 1 is 1.19 bits per heavy atom. The highest BCUT2D eigenvalue weighted by Crippen LogP contribution is 2.39. The Hall–Kier alpha value is -2.83. The van der Waals surface area contributed by atoms with Gasteiger partial charge < -0.3 is 19.9 Å². The zero-order valence-electron chi connectivity index (χ0n) is 15.0. The number of hydrogen-bond acceptors (Lipinski definition) is 4. The largest absolute Gasteiger partial charge is 0.497 e. The molecule has 1 aromatic heterocycles. The molecule has 0 fully saturated rings. The summed E-state index contributed by atoms with van der Waals surface area (Å²) >= 11 is 0. The van der Waals surface area contributed by atoms with Crippen LogP contribution in [0.25, 0.3) is 10.9 Å². The lowest BCUT2D eigenvalue weighted by Crippen LogP contribution is -2.38. The van der Waals surface area contributed by atoms with Gasteiger partial charge in [-0.2, -0.15) is 0 Å². The molecule has 4 rings (SSSR count). The molecule has 27 heavy (non-hydrogen) atoms. The molecule has 6 nitrogen and oxygen atoms in total. The summed E-state index contributed by atoms with van der Waals surface area (Å²) in [6.45, 7) is 0.605. The van der Waals surface area contributed by atoms with Crippen molar-refractivity contribution in [3.8, 4) is 5.75 Å². The van der Waals surface area contributed by atoms with Gasteiger partial charge in [0.1, 0.15) is 11.8 Å². The molecule has 4 N–H and O–H groups in total. The Bertz CT molecular complexity index is 978. The Morgan fingerprint density at radius 3 is 2.59 bits per heavy atom. The summed E-state index contributed by atoms with van der Waals surface area (Å²) in [6, 6.07) is 12.9. The Kier molecular flexibility index (Phi) is 4.59. The fourth-order valence-electron chi connectivity index (χ4n) is 3.92. The smallest absolute Gasteiger partial charge is 0.326 e. The van der Waals surface area contributed by atoms with Gasteiger partial charge in [-0.1, -0.05) is 24.3 Å². The van der Waals surface area contributed by atoms with Crippen molar-refractivity contribution < 1.29 is 19.7 Å². The molecule has 2 heterocycles. The lowest BCUT2D eigenvalue weighted by Gasteiger charge is -2.28. The molecule has 0 bridgehead atoms. The average Bonchev–Trinajstić information content (AvgIpc) is 3.07. The predicted molar refractivity (Wildman–Crippen MR) is 102 cm³/mol. The third-order valence-electron chi connectivity index (χ3n) is 5.28. The molecular weight excluding hydrogens is 344 g/mol. The lowest BCUT2D eigenvalue weighted by atomic mass is 9.85. The van der Waals surface area contributed by atoms with Crippen LogP contribution in [0.5, 0.6) is 5.75 Å². The minimum atomic E-state index is -0.888. The number of carbonyl (C=O) groups is 1. The van der Waals surface area contributed by atoms with Gasteiger partial charge in [-0.3, -0.25) is 10.1 Å². The van der Waals surface area contributed by atoms with E-state index in [0.29, 0.717) is 12.2 Å². The topological polar surface area (TPSA) is 94.6 Å². The monoisotopic (exact) mass is 366 g/mol.